The minimum atomic E-state index is -0.469. The fourth-order valence-corrected chi connectivity index (χ4v) is 1.50. The van der Waals surface area contributed by atoms with Crippen LogP contribution in [0.5, 0.6) is 5.75 Å². The molecular weight excluding hydrogens is 264 g/mol. The zero-order chi connectivity index (χ0) is 11.4. The molecule has 2 N–H and O–H groups in total. The average Bonchev–Trinajstić information content (AvgIpc) is 2.15. The second-order valence-electron chi connectivity index (χ2n) is 3.13. The van der Waals surface area contributed by atoms with E-state index in [4.69, 9.17) is 10.5 Å². The Morgan fingerprint density at radius 2 is 2.33 bits per heavy atom. The third-order valence-electron chi connectivity index (χ3n) is 1.64. The molecular formula is C9H11BrN2O3. The monoisotopic (exact) mass is 274 g/mol. The Bertz CT molecular complexity index is 368. The maximum atomic E-state index is 10.6. The van der Waals surface area contributed by atoms with Crippen LogP contribution in [0, 0.1) is 10.1 Å². The average molecular weight is 275 g/mol. The summed E-state index contributed by atoms with van der Waals surface area (Å²) >= 11 is 3.12. The Morgan fingerprint density at radius 3 is 2.87 bits per heavy atom. The Morgan fingerprint density at radius 1 is 1.67 bits per heavy atom. The summed E-state index contributed by atoms with van der Waals surface area (Å²) in [5.41, 5.74) is 5.50. The molecule has 0 aromatic heterocycles. The second-order valence-corrected chi connectivity index (χ2v) is 3.93. The van der Waals surface area contributed by atoms with Gasteiger partial charge in [-0.25, -0.2) is 0 Å². The maximum absolute atomic E-state index is 10.6. The Hall–Kier alpha value is -1.14. The number of nitrogens with zero attached hydrogens (tertiary/aromatic N) is 1. The van der Waals surface area contributed by atoms with Gasteiger partial charge in [-0.15, -0.1) is 0 Å². The molecule has 6 heteroatoms. The molecule has 1 rings (SSSR count). The van der Waals surface area contributed by atoms with Gasteiger partial charge in [0.15, 0.2) is 0 Å². The van der Waals surface area contributed by atoms with Crippen LogP contribution in [0.2, 0.25) is 0 Å². The lowest BCUT2D eigenvalue weighted by Gasteiger charge is -2.09. The molecule has 1 unspecified atom stereocenters. The lowest BCUT2D eigenvalue weighted by molar-refractivity contribution is -0.385. The number of nitro groups is 1. The van der Waals surface area contributed by atoms with Gasteiger partial charge in [-0.05, 0) is 28.9 Å². The van der Waals surface area contributed by atoms with Gasteiger partial charge < -0.3 is 10.5 Å². The standard InChI is InChI=1S/C9H11BrN2O3/c1-6(11)5-15-8-4-2-3-7(9(8)10)12(13)14/h2-4,6H,5,11H2,1H3. The molecule has 0 radical (unpaired) electrons. The molecule has 1 aromatic rings. The summed E-state index contributed by atoms with van der Waals surface area (Å²) in [4.78, 5) is 10.1. The smallest absolute Gasteiger partial charge is 0.287 e. The summed E-state index contributed by atoms with van der Waals surface area (Å²) in [6.07, 6.45) is 0. The van der Waals surface area contributed by atoms with E-state index in [9.17, 15) is 10.1 Å². The van der Waals surface area contributed by atoms with Crippen molar-refractivity contribution in [2.45, 2.75) is 13.0 Å². The Kier molecular flexibility index (Phi) is 4.05. The van der Waals surface area contributed by atoms with Gasteiger partial charge in [-0.1, -0.05) is 6.07 Å². The first kappa shape index (κ1) is 11.9. The molecule has 0 amide bonds. The highest BCUT2D eigenvalue weighted by atomic mass is 79.9. The van der Waals surface area contributed by atoms with E-state index in [0.717, 1.165) is 0 Å². The minimum absolute atomic E-state index is 0.0165. The normalized spacial score (nSPS) is 12.2. The summed E-state index contributed by atoms with van der Waals surface area (Å²) in [6.45, 7) is 2.12. The quantitative estimate of drug-likeness (QED) is 0.674. The first-order valence-electron chi connectivity index (χ1n) is 4.33. The Labute approximate surface area is 95.5 Å². The number of halogens is 1. The number of hydrogen-bond donors (Lipinski definition) is 1. The van der Waals surface area contributed by atoms with Gasteiger partial charge in [-0.3, -0.25) is 10.1 Å². The lowest BCUT2D eigenvalue weighted by Crippen LogP contribution is -2.23. The van der Waals surface area contributed by atoms with Gasteiger partial charge >= 0.3 is 0 Å². The fraction of sp³-hybridized carbons (Fsp3) is 0.333. The molecule has 0 fully saturated rings. The van der Waals surface area contributed by atoms with E-state index in [1.807, 2.05) is 0 Å². The zero-order valence-electron chi connectivity index (χ0n) is 8.14. The fourth-order valence-electron chi connectivity index (χ4n) is 0.973. The van der Waals surface area contributed by atoms with Gasteiger partial charge in [0, 0.05) is 12.1 Å². The molecule has 0 saturated carbocycles. The molecule has 0 spiro atoms. The number of rotatable bonds is 4. The molecule has 0 bridgehead atoms. The summed E-state index contributed by atoms with van der Waals surface area (Å²) < 4.78 is 5.66. The van der Waals surface area contributed by atoms with Crippen LogP contribution in [0.4, 0.5) is 5.69 Å². The molecule has 0 aliphatic heterocycles. The molecule has 5 nitrogen and oxygen atoms in total. The van der Waals surface area contributed by atoms with Crippen molar-refractivity contribution in [2.24, 2.45) is 5.73 Å². The molecule has 82 valence electrons. The number of nitro benzene ring substituents is 1. The van der Waals surface area contributed by atoms with E-state index < -0.39 is 4.92 Å². The third kappa shape index (κ3) is 3.17. The SMILES string of the molecule is CC(N)COc1cccc([N+](=O)[O-])c1Br. The van der Waals surface area contributed by atoms with E-state index in [0.29, 0.717) is 16.8 Å². The van der Waals surface area contributed by atoms with Crippen LogP contribution < -0.4 is 10.5 Å². The van der Waals surface area contributed by atoms with Crippen LogP contribution in [-0.4, -0.2) is 17.6 Å². The predicted octanol–water partition coefficient (Wildman–Crippen LogP) is 2.08. The van der Waals surface area contributed by atoms with Gasteiger partial charge in [0.25, 0.3) is 5.69 Å². The van der Waals surface area contributed by atoms with E-state index in [-0.39, 0.29) is 11.7 Å². The zero-order valence-corrected chi connectivity index (χ0v) is 9.73. The van der Waals surface area contributed by atoms with E-state index in [1.165, 1.54) is 6.07 Å². The summed E-state index contributed by atoms with van der Waals surface area (Å²) in [5, 5.41) is 10.6. The number of ether oxygens (including phenoxy) is 1. The molecule has 0 aliphatic rings. The highest BCUT2D eigenvalue weighted by Gasteiger charge is 2.15. The van der Waals surface area contributed by atoms with Crippen LogP contribution in [-0.2, 0) is 0 Å². The first-order valence-corrected chi connectivity index (χ1v) is 5.13. The number of hydrogen-bond acceptors (Lipinski definition) is 4. The topological polar surface area (TPSA) is 78.4 Å². The van der Waals surface area contributed by atoms with Crippen LogP contribution in [0.3, 0.4) is 0 Å². The predicted molar refractivity (Wildman–Crippen MR) is 59.9 cm³/mol. The second kappa shape index (κ2) is 5.09. The van der Waals surface area contributed by atoms with Crippen LogP contribution >= 0.6 is 15.9 Å². The first-order chi connectivity index (χ1) is 7.02. The lowest BCUT2D eigenvalue weighted by atomic mass is 10.3. The van der Waals surface area contributed by atoms with E-state index in [2.05, 4.69) is 15.9 Å². The molecule has 0 heterocycles. The van der Waals surface area contributed by atoms with Crippen molar-refractivity contribution in [3.63, 3.8) is 0 Å². The minimum Gasteiger partial charge on any atom is -0.491 e. The summed E-state index contributed by atoms with van der Waals surface area (Å²) in [6, 6.07) is 4.51. The van der Waals surface area contributed by atoms with Gasteiger partial charge in [-0.2, -0.15) is 0 Å². The highest BCUT2D eigenvalue weighted by molar-refractivity contribution is 9.10. The van der Waals surface area contributed by atoms with Gasteiger partial charge in [0.05, 0.1) is 4.92 Å². The van der Waals surface area contributed by atoms with Gasteiger partial charge in [0.1, 0.15) is 16.8 Å². The third-order valence-corrected chi connectivity index (χ3v) is 2.44. The Balaban J connectivity index is 2.89. The van der Waals surface area contributed by atoms with Crippen molar-refractivity contribution in [3.8, 4) is 5.75 Å². The van der Waals surface area contributed by atoms with E-state index in [1.54, 1.807) is 19.1 Å². The molecule has 0 aliphatic carbocycles. The van der Waals surface area contributed by atoms with Gasteiger partial charge in [0.2, 0.25) is 0 Å². The van der Waals surface area contributed by atoms with E-state index >= 15 is 0 Å². The van der Waals surface area contributed by atoms with Crippen molar-refractivity contribution < 1.29 is 9.66 Å². The maximum Gasteiger partial charge on any atom is 0.287 e. The molecule has 1 atom stereocenters. The summed E-state index contributed by atoms with van der Waals surface area (Å²) in [5.74, 6) is 0.432. The molecule has 1 aromatic carbocycles. The van der Waals surface area contributed by atoms with Crippen molar-refractivity contribution in [1.82, 2.24) is 0 Å². The molecule has 15 heavy (non-hydrogen) atoms. The van der Waals surface area contributed by atoms with Crippen molar-refractivity contribution in [2.75, 3.05) is 6.61 Å². The van der Waals surface area contributed by atoms with Crippen molar-refractivity contribution in [1.29, 1.82) is 0 Å². The van der Waals surface area contributed by atoms with Crippen LogP contribution in [0.15, 0.2) is 22.7 Å². The molecule has 0 saturated heterocycles. The van der Waals surface area contributed by atoms with Crippen LogP contribution in [0.1, 0.15) is 6.92 Å². The summed E-state index contributed by atoms with van der Waals surface area (Å²) in [7, 11) is 0. The van der Waals surface area contributed by atoms with Crippen LogP contribution in [0.25, 0.3) is 0 Å². The number of nitrogens with two attached hydrogens (primary N) is 1. The van der Waals surface area contributed by atoms with Crippen molar-refractivity contribution >= 4 is 21.6 Å². The number of benzene rings is 1. The largest absolute Gasteiger partial charge is 0.491 e. The van der Waals surface area contributed by atoms with Crippen molar-refractivity contribution in [3.05, 3.63) is 32.8 Å². The highest BCUT2D eigenvalue weighted by Crippen LogP contribution is 2.33.